The highest BCUT2D eigenvalue weighted by molar-refractivity contribution is 5.95. The Balaban J connectivity index is 1.37. The maximum atomic E-state index is 13.5. The summed E-state index contributed by atoms with van der Waals surface area (Å²) in [6.07, 6.45) is 0.993. The summed E-state index contributed by atoms with van der Waals surface area (Å²) in [4.78, 5) is 40.5. The monoisotopic (exact) mass is 590 g/mol. The highest BCUT2D eigenvalue weighted by atomic mass is 16.5. The third-order valence-electron chi connectivity index (χ3n) is 7.12. The number of hydrogen-bond donors (Lipinski definition) is 4. The molecule has 0 unspecified atom stereocenters. The number of esters is 1. The molecule has 2 atom stereocenters. The van der Waals surface area contributed by atoms with Crippen molar-refractivity contribution >= 4 is 23.6 Å². The lowest BCUT2D eigenvalue weighted by Crippen LogP contribution is -2.52. The van der Waals surface area contributed by atoms with Crippen molar-refractivity contribution in [3.8, 4) is 17.2 Å². The molecular formula is C32H38N4O7. The summed E-state index contributed by atoms with van der Waals surface area (Å²) in [5.74, 6) is 0.697. The van der Waals surface area contributed by atoms with Gasteiger partial charge in [0.15, 0.2) is 11.5 Å². The molecule has 1 aliphatic rings. The Morgan fingerprint density at radius 1 is 0.953 bits per heavy atom. The summed E-state index contributed by atoms with van der Waals surface area (Å²) in [6.45, 7) is 4.15. The molecule has 4 N–H and O–H groups in total. The van der Waals surface area contributed by atoms with Gasteiger partial charge in [0.25, 0.3) is 0 Å². The van der Waals surface area contributed by atoms with Crippen LogP contribution in [0.15, 0.2) is 66.7 Å². The van der Waals surface area contributed by atoms with E-state index >= 15 is 0 Å². The fraction of sp³-hybridized carbons (Fsp3) is 0.344. The molecule has 3 aromatic rings. The van der Waals surface area contributed by atoms with Gasteiger partial charge < -0.3 is 35.3 Å². The largest absolute Gasteiger partial charge is 0.508 e. The number of carbonyl (C=O) groups is 3. The maximum Gasteiger partial charge on any atom is 0.338 e. The van der Waals surface area contributed by atoms with Crippen molar-refractivity contribution in [2.45, 2.75) is 38.4 Å². The van der Waals surface area contributed by atoms with Crippen LogP contribution in [0.5, 0.6) is 17.2 Å². The molecule has 0 saturated carbocycles. The number of likely N-dealkylation sites (tertiary alicyclic amines) is 1. The van der Waals surface area contributed by atoms with Gasteiger partial charge in [-0.05, 0) is 73.0 Å². The first-order valence-corrected chi connectivity index (χ1v) is 14.1. The SMILES string of the molecule is CCOC(=O)c1ccc(NC(=O)N[C@@H](Cc2ccc(O)cc2)C(=O)N[C@H]2CCN(Cc3ccc(OC)c(OC)c3)C2)cc1. The molecule has 1 heterocycles. The number of carbonyl (C=O) groups excluding carboxylic acids is 3. The summed E-state index contributed by atoms with van der Waals surface area (Å²) in [7, 11) is 3.21. The van der Waals surface area contributed by atoms with E-state index in [0.29, 0.717) is 35.8 Å². The second kappa shape index (κ2) is 14.9. The van der Waals surface area contributed by atoms with Crippen molar-refractivity contribution < 1.29 is 33.7 Å². The third kappa shape index (κ3) is 8.86. The zero-order valence-electron chi connectivity index (χ0n) is 24.6. The van der Waals surface area contributed by atoms with Crippen LogP contribution in [0.3, 0.4) is 0 Å². The van der Waals surface area contributed by atoms with Crippen LogP contribution >= 0.6 is 0 Å². The van der Waals surface area contributed by atoms with Gasteiger partial charge in [0.1, 0.15) is 11.8 Å². The van der Waals surface area contributed by atoms with Crippen LogP contribution in [0.1, 0.15) is 34.8 Å². The summed E-state index contributed by atoms with van der Waals surface area (Å²) in [5.41, 5.74) is 2.67. The van der Waals surface area contributed by atoms with Crippen molar-refractivity contribution in [2.75, 3.05) is 39.2 Å². The lowest BCUT2D eigenvalue weighted by atomic mass is 10.0. The number of aromatic hydroxyl groups is 1. The maximum absolute atomic E-state index is 13.5. The standard InChI is InChI=1S/C32H38N4O7/c1-4-43-31(39)23-8-10-24(11-9-23)34-32(40)35-27(17-21-5-12-26(37)13-6-21)30(38)33-25-15-16-36(20-25)19-22-7-14-28(41-2)29(18-22)42-3/h5-14,18,25,27,37H,4,15-17,19-20H2,1-3H3,(H,33,38)(H2,34,35,40)/t25-,27-/m0/s1. The number of hydrogen-bond acceptors (Lipinski definition) is 8. The minimum atomic E-state index is -0.872. The topological polar surface area (TPSA) is 138 Å². The zero-order chi connectivity index (χ0) is 30.8. The quantitative estimate of drug-likeness (QED) is 0.234. The molecule has 228 valence electrons. The second-order valence-electron chi connectivity index (χ2n) is 10.2. The molecule has 0 aromatic heterocycles. The molecule has 0 radical (unpaired) electrons. The van der Waals surface area contributed by atoms with Gasteiger partial charge >= 0.3 is 12.0 Å². The Bertz CT molecular complexity index is 1400. The predicted molar refractivity (Wildman–Crippen MR) is 162 cm³/mol. The molecule has 11 nitrogen and oxygen atoms in total. The van der Waals surface area contributed by atoms with Gasteiger partial charge in [0.05, 0.1) is 26.4 Å². The molecular weight excluding hydrogens is 552 g/mol. The summed E-state index contributed by atoms with van der Waals surface area (Å²) < 4.78 is 15.7. The van der Waals surface area contributed by atoms with Gasteiger partial charge in [-0.25, -0.2) is 9.59 Å². The Kier molecular flexibility index (Phi) is 10.8. The number of phenolic OH excluding ortho intramolecular Hbond substituents is 1. The lowest BCUT2D eigenvalue weighted by Gasteiger charge is -2.22. The van der Waals surface area contributed by atoms with Crippen molar-refractivity contribution in [3.63, 3.8) is 0 Å². The van der Waals surface area contributed by atoms with Crippen LogP contribution in [-0.2, 0) is 22.5 Å². The van der Waals surface area contributed by atoms with Crippen molar-refractivity contribution in [1.29, 1.82) is 0 Å². The molecule has 0 bridgehead atoms. The van der Waals surface area contributed by atoms with Gasteiger partial charge in [0, 0.05) is 37.8 Å². The minimum absolute atomic E-state index is 0.0877. The molecule has 0 spiro atoms. The first-order chi connectivity index (χ1) is 20.8. The fourth-order valence-electron chi connectivity index (χ4n) is 4.94. The molecule has 1 saturated heterocycles. The van der Waals surface area contributed by atoms with Gasteiger partial charge in [0.2, 0.25) is 5.91 Å². The number of methoxy groups -OCH3 is 2. The number of anilines is 1. The average Bonchev–Trinajstić information content (AvgIpc) is 3.44. The van der Waals surface area contributed by atoms with E-state index in [4.69, 9.17) is 14.2 Å². The van der Waals surface area contributed by atoms with Crippen molar-refractivity contribution in [2.24, 2.45) is 0 Å². The lowest BCUT2D eigenvalue weighted by molar-refractivity contribution is -0.123. The van der Waals surface area contributed by atoms with Crippen LogP contribution in [0.2, 0.25) is 0 Å². The molecule has 1 aliphatic heterocycles. The van der Waals surface area contributed by atoms with Crippen LogP contribution in [0.4, 0.5) is 10.5 Å². The normalized spacial score (nSPS) is 15.3. The van der Waals surface area contributed by atoms with Gasteiger partial charge in [-0.3, -0.25) is 9.69 Å². The van der Waals surface area contributed by atoms with Crippen LogP contribution in [0.25, 0.3) is 0 Å². The third-order valence-corrected chi connectivity index (χ3v) is 7.12. The average molecular weight is 591 g/mol. The summed E-state index contributed by atoms with van der Waals surface area (Å²) in [6, 6.07) is 17.1. The van der Waals surface area contributed by atoms with Crippen LogP contribution < -0.4 is 25.4 Å². The number of nitrogens with zero attached hydrogens (tertiary/aromatic N) is 1. The number of urea groups is 1. The number of phenols is 1. The van der Waals surface area contributed by atoms with Crippen molar-refractivity contribution in [1.82, 2.24) is 15.5 Å². The Morgan fingerprint density at radius 3 is 2.33 bits per heavy atom. The first-order valence-electron chi connectivity index (χ1n) is 14.1. The van der Waals surface area contributed by atoms with E-state index in [1.165, 1.54) is 0 Å². The van der Waals surface area contributed by atoms with Gasteiger partial charge in [-0.15, -0.1) is 0 Å². The Morgan fingerprint density at radius 2 is 1.65 bits per heavy atom. The van der Waals surface area contributed by atoms with Crippen LogP contribution in [0, 0.1) is 0 Å². The Labute approximate surface area is 251 Å². The van der Waals surface area contributed by atoms with E-state index in [9.17, 15) is 19.5 Å². The second-order valence-corrected chi connectivity index (χ2v) is 10.2. The molecule has 43 heavy (non-hydrogen) atoms. The van der Waals surface area contributed by atoms with E-state index < -0.39 is 18.0 Å². The highest BCUT2D eigenvalue weighted by Crippen LogP contribution is 2.28. The molecule has 11 heteroatoms. The van der Waals surface area contributed by atoms with Gasteiger partial charge in [-0.2, -0.15) is 0 Å². The number of benzene rings is 3. The number of nitrogens with one attached hydrogen (secondary N) is 3. The van der Waals surface area contributed by atoms with E-state index in [1.54, 1.807) is 69.7 Å². The molecule has 0 aliphatic carbocycles. The number of ether oxygens (including phenoxy) is 3. The summed E-state index contributed by atoms with van der Waals surface area (Å²) in [5, 5.41) is 18.3. The molecule has 3 aromatic carbocycles. The van der Waals surface area contributed by atoms with E-state index in [0.717, 1.165) is 24.1 Å². The summed E-state index contributed by atoms with van der Waals surface area (Å²) >= 11 is 0. The highest BCUT2D eigenvalue weighted by Gasteiger charge is 2.28. The number of rotatable bonds is 12. The molecule has 4 rings (SSSR count). The van der Waals surface area contributed by atoms with E-state index in [1.807, 2.05) is 18.2 Å². The predicted octanol–water partition coefficient (Wildman–Crippen LogP) is 3.71. The molecule has 1 fully saturated rings. The van der Waals surface area contributed by atoms with Gasteiger partial charge in [-0.1, -0.05) is 18.2 Å². The smallest absolute Gasteiger partial charge is 0.338 e. The molecule has 3 amide bonds. The van der Waals surface area contributed by atoms with E-state index in [2.05, 4.69) is 20.9 Å². The van der Waals surface area contributed by atoms with Crippen molar-refractivity contribution in [3.05, 3.63) is 83.4 Å². The first kappa shape index (κ1) is 31.2. The fourth-order valence-corrected chi connectivity index (χ4v) is 4.94. The number of amides is 3. The zero-order valence-corrected chi connectivity index (χ0v) is 24.6. The van der Waals surface area contributed by atoms with Crippen LogP contribution in [-0.4, -0.2) is 73.9 Å². The Hall–Kier alpha value is -4.77. The minimum Gasteiger partial charge on any atom is -0.508 e. The van der Waals surface area contributed by atoms with E-state index in [-0.39, 0.29) is 30.7 Å².